The van der Waals surface area contributed by atoms with Crippen LogP contribution < -0.4 is 5.32 Å². The summed E-state index contributed by atoms with van der Waals surface area (Å²) in [5.74, 6) is -0.209. The number of carbonyl (C=O) groups excluding carboxylic acids is 2. The zero-order chi connectivity index (χ0) is 24.8. The van der Waals surface area contributed by atoms with E-state index in [0.29, 0.717) is 35.7 Å². The highest BCUT2D eigenvalue weighted by Gasteiger charge is 2.25. The van der Waals surface area contributed by atoms with Gasteiger partial charge in [0.15, 0.2) is 0 Å². The molecule has 0 aromatic heterocycles. The number of anilines is 1. The molecule has 2 heterocycles. The summed E-state index contributed by atoms with van der Waals surface area (Å²) < 4.78 is 27.5. The van der Waals surface area contributed by atoms with Gasteiger partial charge in [0.1, 0.15) is 0 Å². The Hall–Kier alpha value is -2.71. The van der Waals surface area contributed by atoms with Crippen molar-refractivity contribution < 1.29 is 18.0 Å². The molecular formula is C27H35N3O4S. The van der Waals surface area contributed by atoms with Crippen LogP contribution in [0.25, 0.3) is 0 Å². The van der Waals surface area contributed by atoms with Gasteiger partial charge in [-0.2, -0.15) is 4.31 Å². The van der Waals surface area contributed by atoms with Gasteiger partial charge >= 0.3 is 0 Å². The largest absolute Gasteiger partial charge is 0.339 e. The van der Waals surface area contributed by atoms with Crippen LogP contribution in [0.4, 0.5) is 5.69 Å². The van der Waals surface area contributed by atoms with Gasteiger partial charge in [0.05, 0.1) is 16.1 Å². The van der Waals surface area contributed by atoms with Gasteiger partial charge in [-0.3, -0.25) is 9.59 Å². The van der Waals surface area contributed by atoms with Gasteiger partial charge in [-0.05, 0) is 68.4 Å². The summed E-state index contributed by atoms with van der Waals surface area (Å²) >= 11 is 0. The van der Waals surface area contributed by atoms with Crippen molar-refractivity contribution in [3.8, 4) is 0 Å². The van der Waals surface area contributed by atoms with Crippen molar-refractivity contribution in [2.75, 3.05) is 31.5 Å². The van der Waals surface area contributed by atoms with Crippen LogP contribution in [-0.4, -0.2) is 55.6 Å². The van der Waals surface area contributed by atoms with Crippen LogP contribution in [0.15, 0.2) is 47.4 Å². The van der Waals surface area contributed by atoms with E-state index in [9.17, 15) is 18.0 Å². The van der Waals surface area contributed by atoms with Crippen molar-refractivity contribution in [3.05, 3.63) is 59.2 Å². The van der Waals surface area contributed by atoms with Crippen LogP contribution in [0.5, 0.6) is 0 Å². The standard InChI is InChI=1S/C27H35N3O4S/c1-21-9-8-10-24(27(32)29-17-6-7-18-29)26(21)28-25(31)16-13-22-11-14-23(15-12-22)35(33,34)30-19-4-2-3-5-20-30/h8-12,14-15H,2-7,13,16-20H2,1H3,(H,28,31). The molecule has 2 saturated heterocycles. The number of hydrogen-bond acceptors (Lipinski definition) is 4. The lowest BCUT2D eigenvalue weighted by atomic mass is 10.1. The summed E-state index contributed by atoms with van der Waals surface area (Å²) in [5.41, 5.74) is 2.86. The normalized spacial score (nSPS) is 17.2. The fourth-order valence-corrected chi connectivity index (χ4v) is 6.34. The van der Waals surface area contributed by atoms with Crippen LogP contribution in [0.3, 0.4) is 0 Å². The minimum Gasteiger partial charge on any atom is -0.339 e. The van der Waals surface area contributed by atoms with E-state index in [1.165, 1.54) is 0 Å². The van der Waals surface area contributed by atoms with E-state index >= 15 is 0 Å². The smallest absolute Gasteiger partial charge is 0.255 e. The molecule has 7 nitrogen and oxygen atoms in total. The van der Waals surface area contributed by atoms with E-state index in [0.717, 1.165) is 62.7 Å². The molecule has 0 spiro atoms. The number of rotatable bonds is 7. The first-order chi connectivity index (χ1) is 16.9. The number of nitrogens with one attached hydrogen (secondary N) is 1. The Kier molecular flexibility index (Phi) is 8.23. The molecule has 0 unspecified atom stereocenters. The summed E-state index contributed by atoms with van der Waals surface area (Å²) in [6, 6.07) is 12.4. The minimum absolute atomic E-state index is 0.0392. The molecular weight excluding hydrogens is 462 g/mol. The molecule has 2 aliphatic rings. The summed E-state index contributed by atoms with van der Waals surface area (Å²) in [4.78, 5) is 27.9. The number of para-hydroxylation sites is 1. The average molecular weight is 498 g/mol. The number of aryl methyl sites for hydroxylation is 2. The lowest BCUT2D eigenvalue weighted by molar-refractivity contribution is -0.116. The molecule has 1 N–H and O–H groups in total. The van der Waals surface area contributed by atoms with E-state index in [4.69, 9.17) is 0 Å². The van der Waals surface area contributed by atoms with E-state index in [1.807, 2.05) is 24.0 Å². The summed E-state index contributed by atoms with van der Waals surface area (Å²) in [6.07, 6.45) is 6.69. The molecule has 4 rings (SSSR count). The number of sulfonamides is 1. The maximum absolute atomic E-state index is 13.0. The third-order valence-electron chi connectivity index (χ3n) is 6.93. The van der Waals surface area contributed by atoms with Gasteiger partial charge in [-0.1, -0.05) is 37.1 Å². The second-order valence-electron chi connectivity index (χ2n) is 9.51. The average Bonchev–Trinajstić information content (AvgIpc) is 3.25. The third kappa shape index (κ3) is 6.11. The van der Waals surface area contributed by atoms with Crippen molar-refractivity contribution >= 4 is 27.5 Å². The molecule has 8 heteroatoms. The summed E-state index contributed by atoms with van der Waals surface area (Å²) in [6.45, 7) is 4.55. The van der Waals surface area contributed by atoms with Gasteiger partial charge in [-0.15, -0.1) is 0 Å². The first-order valence-electron chi connectivity index (χ1n) is 12.6. The maximum atomic E-state index is 13.0. The molecule has 0 radical (unpaired) electrons. The van der Waals surface area contributed by atoms with Crippen LogP contribution in [-0.2, 0) is 21.2 Å². The Morgan fingerprint density at radius 1 is 0.857 bits per heavy atom. The number of hydrogen-bond donors (Lipinski definition) is 1. The van der Waals surface area contributed by atoms with Gasteiger partial charge in [0, 0.05) is 32.6 Å². The lowest BCUT2D eigenvalue weighted by Gasteiger charge is -2.20. The van der Waals surface area contributed by atoms with E-state index in [-0.39, 0.29) is 18.2 Å². The first-order valence-corrected chi connectivity index (χ1v) is 14.1. The minimum atomic E-state index is -3.48. The molecule has 188 valence electrons. The molecule has 2 aromatic rings. The second-order valence-corrected chi connectivity index (χ2v) is 11.4. The zero-order valence-corrected chi connectivity index (χ0v) is 21.3. The summed E-state index contributed by atoms with van der Waals surface area (Å²) in [7, 11) is -3.48. The molecule has 0 saturated carbocycles. The van der Waals surface area contributed by atoms with Crippen LogP contribution in [0, 0.1) is 6.92 Å². The molecule has 2 aromatic carbocycles. The molecule has 0 aliphatic carbocycles. The Balaban J connectivity index is 1.38. The van der Waals surface area contributed by atoms with E-state index in [1.54, 1.807) is 34.6 Å². The monoisotopic (exact) mass is 497 g/mol. The number of carbonyl (C=O) groups is 2. The number of amides is 2. The van der Waals surface area contributed by atoms with Crippen molar-refractivity contribution in [1.82, 2.24) is 9.21 Å². The van der Waals surface area contributed by atoms with E-state index in [2.05, 4.69) is 5.32 Å². The van der Waals surface area contributed by atoms with Crippen molar-refractivity contribution in [3.63, 3.8) is 0 Å². The predicted molar refractivity (Wildman–Crippen MR) is 137 cm³/mol. The highest BCUT2D eigenvalue weighted by molar-refractivity contribution is 7.89. The number of likely N-dealkylation sites (tertiary alicyclic amines) is 1. The third-order valence-corrected chi connectivity index (χ3v) is 8.84. The highest BCUT2D eigenvalue weighted by atomic mass is 32.2. The quantitative estimate of drug-likeness (QED) is 0.616. The van der Waals surface area contributed by atoms with Crippen molar-refractivity contribution in [2.45, 2.75) is 63.2 Å². The topological polar surface area (TPSA) is 86.8 Å². The highest BCUT2D eigenvalue weighted by Crippen LogP contribution is 2.25. The predicted octanol–water partition coefficient (Wildman–Crippen LogP) is 4.37. The number of benzene rings is 2. The van der Waals surface area contributed by atoms with Gasteiger partial charge in [0.25, 0.3) is 5.91 Å². The fraction of sp³-hybridized carbons (Fsp3) is 0.481. The lowest BCUT2D eigenvalue weighted by Crippen LogP contribution is -2.31. The van der Waals surface area contributed by atoms with Crippen molar-refractivity contribution in [2.24, 2.45) is 0 Å². The molecule has 2 aliphatic heterocycles. The summed E-state index contributed by atoms with van der Waals surface area (Å²) in [5, 5.41) is 2.95. The van der Waals surface area contributed by atoms with Gasteiger partial charge < -0.3 is 10.2 Å². The maximum Gasteiger partial charge on any atom is 0.255 e. The van der Waals surface area contributed by atoms with E-state index < -0.39 is 10.0 Å². The Morgan fingerprint density at radius 3 is 2.14 bits per heavy atom. The second kappa shape index (κ2) is 11.4. The van der Waals surface area contributed by atoms with Crippen LogP contribution >= 0.6 is 0 Å². The Morgan fingerprint density at radius 2 is 1.49 bits per heavy atom. The Labute approximate surface area is 208 Å². The molecule has 2 amide bonds. The fourth-order valence-electron chi connectivity index (χ4n) is 4.82. The SMILES string of the molecule is Cc1cccc(C(=O)N2CCCC2)c1NC(=O)CCc1ccc(S(=O)(=O)N2CCCCCC2)cc1. The molecule has 0 atom stereocenters. The Bertz CT molecular complexity index is 1150. The van der Waals surface area contributed by atoms with Crippen molar-refractivity contribution in [1.29, 1.82) is 0 Å². The molecule has 35 heavy (non-hydrogen) atoms. The van der Waals surface area contributed by atoms with Crippen LogP contribution in [0.1, 0.15) is 66.4 Å². The van der Waals surface area contributed by atoms with Gasteiger partial charge in [0.2, 0.25) is 15.9 Å². The van der Waals surface area contributed by atoms with Crippen LogP contribution in [0.2, 0.25) is 0 Å². The molecule has 2 fully saturated rings. The number of nitrogens with zero attached hydrogens (tertiary/aromatic N) is 2. The molecule has 0 bridgehead atoms. The first kappa shape index (κ1) is 25.4. The zero-order valence-electron chi connectivity index (χ0n) is 20.5. The van der Waals surface area contributed by atoms with Gasteiger partial charge in [-0.25, -0.2) is 8.42 Å².